The second kappa shape index (κ2) is 6.77. The lowest BCUT2D eigenvalue weighted by Crippen LogP contribution is -2.39. The Labute approximate surface area is 136 Å². The molecule has 0 radical (unpaired) electrons. The van der Waals surface area contributed by atoms with Gasteiger partial charge in [-0.2, -0.15) is 0 Å². The van der Waals surface area contributed by atoms with Crippen molar-refractivity contribution in [2.45, 2.75) is 25.7 Å². The molecule has 1 atom stereocenters. The molecular formula is C18H21N3O2. The van der Waals surface area contributed by atoms with Crippen molar-refractivity contribution in [3.05, 3.63) is 53.6 Å². The first-order valence-electron chi connectivity index (χ1n) is 7.90. The highest BCUT2D eigenvalue weighted by atomic mass is 16.5. The third-order valence-corrected chi connectivity index (χ3v) is 4.24. The lowest BCUT2D eigenvalue weighted by molar-refractivity contribution is 0.0705. The van der Waals surface area contributed by atoms with Gasteiger partial charge < -0.3 is 9.64 Å². The normalized spacial score (nSPS) is 17.8. The van der Waals surface area contributed by atoms with Crippen molar-refractivity contribution in [2.75, 3.05) is 20.2 Å². The number of aryl methyl sites for hydroxylation is 1. The van der Waals surface area contributed by atoms with Crippen LogP contribution < -0.4 is 4.74 Å². The van der Waals surface area contributed by atoms with E-state index in [0.29, 0.717) is 17.9 Å². The molecule has 0 aliphatic carbocycles. The molecule has 1 aromatic carbocycles. The molecule has 0 spiro atoms. The highest BCUT2D eigenvalue weighted by Gasteiger charge is 2.26. The van der Waals surface area contributed by atoms with Crippen LogP contribution in [0.5, 0.6) is 5.75 Å². The van der Waals surface area contributed by atoms with Crippen molar-refractivity contribution >= 4 is 5.91 Å². The van der Waals surface area contributed by atoms with Gasteiger partial charge in [-0.15, -0.1) is 0 Å². The van der Waals surface area contributed by atoms with E-state index in [1.807, 2.05) is 36.1 Å². The van der Waals surface area contributed by atoms with E-state index >= 15 is 0 Å². The van der Waals surface area contributed by atoms with Crippen LogP contribution in [-0.4, -0.2) is 41.0 Å². The average molecular weight is 311 g/mol. The fourth-order valence-electron chi connectivity index (χ4n) is 3.04. The summed E-state index contributed by atoms with van der Waals surface area (Å²) in [7, 11) is 1.61. The maximum absolute atomic E-state index is 12.7. The van der Waals surface area contributed by atoms with Gasteiger partial charge in [-0.3, -0.25) is 4.79 Å². The van der Waals surface area contributed by atoms with Gasteiger partial charge in [0.15, 0.2) is 0 Å². The quantitative estimate of drug-likeness (QED) is 0.874. The second-order valence-corrected chi connectivity index (χ2v) is 5.85. The van der Waals surface area contributed by atoms with Crippen LogP contribution in [0.1, 0.15) is 40.6 Å². The number of piperidine rings is 1. The molecule has 0 N–H and O–H groups in total. The van der Waals surface area contributed by atoms with Crippen LogP contribution >= 0.6 is 0 Å². The largest absolute Gasteiger partial charge is 0.497 e. The van der Waals surface area contributed by atoms with Gasteiger partial charge in [-0.05, 0) is 44.0 Å². The molecule has 5 heteroatoms. The Morgan fingerprint density at radius 3 is 3.00 bits per heavy atom. The van der Waals surface area contributed by atoms with E-state index < -0.39 is 0 Å². The van der Waals surface area contributed by atoms with Gasteiger partial charge in [0.1, 0.15) is 11.6 Å². The SMILES string of the molecule is COc1cccc(C(=O)N2CCC[C@H](c3ccnc(C)n3)C2)c1. The number of methoxy groups -OCH3 is 1. The minimum Gasteiger partial charge on any atom is -0.497 e. The second-order valence-electron chi connectivity index (χ2n) is 5.85. The topological polar surface area (TPSA) is 55.3 Å². The zero-order chi connectivity index (χ0) is 16.2. The first-order chi connectivity index (χ1) is 11.2. The summed E-state index contributed by atoms with van der Waals surface area (Å²) in [4.78, 5) is 23.3. The zero-order valence-electron chi connectivity index (χ0n) is 13.5. The van der Waals surface area contributed by atoms with E-state index in [2.05, 4.69) is 9.97 Å². The third kappa shape index (κ3) is 3.50. The molecule has 23 heavy (non-hydrogen) atoms. The number of aromatic nitrogens is 2. The van der Waals surface area contributed by atoms with E-state index in [0.717, 1.165) is 30.9 Å². The van der Waals surface area contributed by atoms with Gasteiger partial charge in [0, 0.05) is 36.5 Å². The predicted octanol–water partition coefficient (Wildman–Crippen LogP) is 2.81. The van der Waals surface area contributed by atoms with Gasteiger partial charge in [-0.1, -0.05) is 6.07 Å². The molecule has 1 aromatic heterocycles. The van der Waals surface area contributed by atoms with Gasteiger partial charge in [0.05, 0.1) is 7.11 Å². The molecule has 5 nitrogen and oxygen atoms in total. The molecule has 1 fully saturated rings. The number of hydrogen-bond acceptors (Lipinski definition) is 4. The number of likely N-dealkylation sites (tertiary alicyclic amines) is 1. The Kier molecular flexibility index (Phi) is 4.55. The van der Waals surface area contributed by atoms with Crippen LogP contribution in [0.2, 0.25) is 0 Å². The van der Waals surface area contributed by atoms with E-state index in [1.54, 1.807) is 19.4 Å². The standard InChI is InChI=1S/C18H21N3O2/c1-13-19-9-8-17(20-13)15-6-4-10-21(12-15)18(22)14-5-3-7-16(11-14)23-2/h3,5,7-9,11,15H,4,6,10,12H2,1-2H3/t15-/m0/s1. The number of carbonyl (C=O) groups is 1. The fourth-order valence-corrected chi connectivity index (χ4v) is 3.04. The Morgan fingerprint density at radius 1 is 1.35 bits per heavy atom. The highest BCUT2D eigenvalue weighted by Crippen LogP contribution is 2.27. The lowest BCUT2D eigenvalue weighted by Gasteiger charge is -2.32. The summed E-state index contributed by atoms with van der Waals surface area (Å²) in [5.41, 5.74) is 1.70. The predicted molar refractivity (Wildman–Crippen MR) is 87.6 cm³/mol. The molecule has 1 aliphatic rings. The number of benzene rings is 1. The van der Waals surface area contributed by atoms with E-state index in [9.17, 15) is 4.79 Å². The monoisotopic (exact) mass is 311 g/mol. The smallest absolute Gasteiger partial charge is 0.254 e. The first-order valence-corrected chi connectivity index (χ1v) is 7.90. The van der Waals surface area contributed by atoms with E-state index in [4.69, 9.17) is 4.74 Å². The molecule has 120 valence electrons. The average Bonchev–Trinajstić information content (AvgIpc) is 2.61. The summed E-state index contributed by atoms with van der Waals surface area (Å²) in [5.74, 6) is 1.81. The molecule has 0 saturated carbocycles. The zero-order valence-corrected chi connectivity index (χ0v) is 13.5. The minimum atomic E-state index is 0.0550. The Hall–Kier alpha value is -2.43. The lowest BCUT2D eigenvalue weighted by atomic mass is 9.94. The molecule has 2 heterocycles. The summed E-state index contributed by atoms with van der Waals surface area (Å²) < 4.78 is 5.21. The number of hydrogen-bond donors (Lipinski definition) is 0. The Balaban J connectivity index is 1.76. The molecule has 1 saturated heterocycles. The molecular weight excluding hydrogens is 290 g/mol. The molecule has 0 unspecified atom stereocenters. The van der Waals surface area contributed by atoms with Crippen LogP contribution in [-0.2, 0) is 0 Å². The van der Waals surface area contributed by atoms with E-state index in [-0.39, 0.29) is 11.8 Å². The minimum absolute atomic E-state index is 0.0550. The summed E-state index contributed by atoms with van der Waals surface area (Å²) in [6.07, 6.45) is 3.84. The number of nitrogens with zero attached hydrogens (tertiary/aromatic N) is 3. The van der Waals surface area contributed by atoms with Crippen LogP contribution in [0.15, 0.2) is 36.5 Å². The van der Waals surface area contributed by atoms with Gasteiger partial charge in [0.25, 0.3) is 5.91 Å². The number of rotatable bonds is 3. The van der Waals surface area contributed by atoms with Gasteiger partial charge >= 0.3 is 0 Å². The van der Waals surface area contributed by atoms with Crippen LogP contribution in [0.4, 0.5) is 0 Å². The van der Waals surface area contributed by atoms with Crippen LogP contribution in [0, 0.1) is 6.92 Å². The fraction of sp³-hybridized carbons (Fsp3) is 0.389. The highest BCUT2D eigenvalue weighted by molar-refractivity contribution is 5.94. The molecule has 2 aromatic rings. The van der Waals surface area contributed by atoms with Crippen LogP contribution in [0.25, 0.3) is 0 Å². The van der Waals surface area contributed by atoms with E-state index in [1.165, 1.54) is 0 Å². The van der Waals surface area contributed by atoms with Crippen molar-refractivity contribution in [1.82, 2.24) is 14.9 Å². The maximum Gasteiger partial charge on any atom is 0.254 e. The van der Waals surface area contributed by atoms with Crippen molar-refractivity contribution < 1.29 is 9.53 Å². The summed E-state index contributed by atoms with van der Waals surface area (Å²) in [6, 6.07) is 9.28. The number of carbonyl (C=O) groups excluding carboxylic acids is 1. The molecule has 0 bridgehead atoms. The third-order valence-electron chi connectivity index (χ3n) is 4.24. The van der Waals surface area contributed by atoms with Crippen molar-refractivity contribution in [2.24, 2.45) is 0 Å². The summed E-state index contributed by atoms with van der Waals surface area (Å²) in [5, 5.41) is 0. The first kappa shape index (κ1) is 15.5. The van der Waals surface area contributed by atoms with Crippen molar-refractivity contribution in [3.8, 4) is 5.75 Å². The summed E-state index contributed by atoms with van der Waals surface area (Å²) >= 11 is 0. The molecule has 1 aliphatic heterocycles. The van der Waals surface area contributed by atoms with Crippen molar-refractivity contribution in [1.29, 1.82) is 0 Å². The summed E-state index contributed by atoms with van der Waals surface area (Å²) in [6.45, 7) is 3.38. The molecule has 3 rings (SSSR count). The Morgan fingerprint density at radius 2 is 2.22 bits per heavy atom. The molecule has 1 amide bonds. The maximum atomic E-state index is 12.7. The number of ether oxygens (including phenoxy) is 1. The van der Waals surface area contributed by atoms with Gasteiger partial charge in [0.2, 0.25) is 0 Å². The number of amides is 1. The van der Waals surface area contributed by atoms with Gasteiger partial charge in [-0.25, -0.2) is 9.97 Å². The van der Waals surface area contributed by atoms with Crippen LogP contribution in [0.3, 0.4) is 0 Å². The Bertz CT molecular complexity index is 702. The van der Waals surface area contributed by atoms with Crippen molar-refractivity contribution in [3.63, 3.8) is 0 Å².